The molecule has 1 aliphatic heterocycles. The van der Waals surface area contributed by atoms with Gasteiger partial charge in [0.05, 0.1) is 31.1 Å². The summed E-state index contributed by atoms with van der Waals surface area (Å²) in [7, 11) is 1.71. The fourth-order valence-corrected chi connectivity index (χ4v) is 3.76. The molecule has 0 atom stereocenters. The molecule has 33 heavy (non-hydrogen) atoms. The summed E-state index contributed by atoms with van der Waals surface area (Å²) in [5.41, 5.74) is 2.10. The Labute approximate surface area is 193 Å². The molecule has 2 N–H and O–H groups in total. The van der Waals surface area contributed by atoms with Gasteiger partial charge in [-0.05, 0) is 42.9 Å². The van der Waals surface area contributed by atoms with Gasteiger partial charge >= 0.3 is 0 Å². The summed E-state index contributed by atoms with van der Waals surface area (Å²) in [6, 6.07) is 10.2. The van der Waals surface area contributed by atoms with Crippen molar-refractivity contribution in [3.05, 3.63) is 86.8 Å². The van der Waals surface area contributed by atoms with Gasteiger partial charge in [0, 0.05) is 17.8 Å². The Hall–Kier alpha value is -3.43. The molecule has 0 radical (unpaired) electrons. The van der Waals surface area contributed by atoms with E-state index < -0.39 is 17.2 Å². The highest BCUT2D eigenvalue weighted by Gasteiger charge is 2.24. The van der Waals surface area contributed by atoms with E-state index in [1.165, 1.54) is 22.9 Å². The lowest BCUT2D eigenvalue weighted by Crippen LogP contribution is -2.36. The summed E-state index contributed by atoms with van der Waals surface area (Å²) in [6.45, 7) is 0.671. The van der Waals surface area contributed by atoms with Gasteiger partial charge in [-0.2, -0.15) is 0 Å². The minimum Gasteiger partial charge on any atom is -0.487 e. The summed E-state index contributed by atoms with van der Waals surface area (Å²) in [5, 5.41) is 5.89. The Morgan fingerprint density at radius 2 is 2.03 bits per heavy atom. The summed E-state index contributed by atoms with van der Waals surface area (Å²) in [6.07, 6.45) is 1.54. The first kappa shape index (κ1) is 22.8. The average molecular weight is 475 g/mol. The number of carbonyl (C=O) groups excluding carboxylic acids is 1. The molecule has 1 amide bonds. The Bertz CT molecular complexity index is 1260. The molecule has 0 aliphatic carbocycles. The van der Waals surface area contributed by atoms with E-state index in [1.54, 1.807) is 11.9 Å². The highest BCUT2D eigenvalue weighted by molar-refractivity contribution is 6.31. The third kappa shape index (κ3) is 4.84. The molecule has 4 rings (SSSR count). The monoisotopic (exact) mass is 474 g/mol. The number of fused-ring (bicyclic) bond motifs is 1. The third-order valence-corrected chi connectivity index (χ3v) is 5.58. The van der Waals surface area contributed by atoms with Crippen molar-refractivity contribution in [3.63, 3.8) is 0 Å². The second-order valence-electron chi connectivity index (χ2n) is 7.49. The van der Waals surface area contributed by atoms with Gasteiger partial charge in [0.15, 0.2) is 0 Å². The molecule has 0 saturated heterocycles. The first-order chi connectivity index (χ1) is 15.9. The first-order valence-electron chi connectivity index (χ1n) is 10.1. The highest BCUT2D eigenvalue weighted by Crippen LogP contribution is 2.32. The van der Waals surface area contributed by atoms with E-state index in [9.17, 15) is 18.4 Å². The van der Waals surface area contributed by atoms with Crippen LogP contribution in [0.4, 0.5) is 20.2 Å². The maximum atomic E-state index is 13.8. The van der Waals surface area contributed by atoms with Crippen LogP contribution in [0.1, 0.15) is 11.1 Å². The van der Waals surface area contributed by atoms with Crippen molar-refractivity contribution in [2.75, 3.05) is 30.5 Å². The number of aromatic nitrogens is 1. The Kier molecular flexibility index (Phi) is 6.62. The average Bonchev–Trinajstić information content (AvgIpc) is 3.21. The fourth-order valence-electron chi connectivity index (χ4n) is 3.53. The minimum absolute atomic E-state index is 0.0457. The van der Waals surface area contributed by atoms with E-state index in [4.69, 9.17) is 16.3 Å². The molecule has 10 heteroatoms. The van der Waals surface area contributed by atoms with E-state index in [0.29, 0.717) is 6.67 Å². The van der Waals surface area contributed by atoms with E-state index >= 15 is 0 Å². The van der Waals surface area contributed by atoms with Gasteiger partial charge in [0.25, 0.3) is 5.56 Å². The molecule has 0 fully saturated rings. The second-order valence-corrected chi connectivity index (χ2v) is 7.87. The van der Waals surface area contributed by atoms with Gasteiger partial charge in [0.2, 0.25) is 5.91 Å². The maximum Gasteiger partial charge on any atom is 0.273 e. The summed E-state index contributed by atoms with van der Waals surface area (Å²) >= 11 is 6.20. The lowest BCUT2D eigenvalue weighted by Gasteiger charge is -2.16. The lowest BCUT2D eigenvalue weighted by molar-refractivity contribution is -0.117. The number of ether oxygens (including phenoxy) is 1. The molecular weight excluding hydrogens is 454 g/mol. The zero-order valence-corrected chi connectivity index (χ0v) is 18.5. The van der Waals surface area contributed by atoms with E-state index in [1.807, 2.05) is 18.2 Å². The van der Waals surface area contributed by atoms with Crippen LogP contribution >= 0.6 is 11.6 Å². The number of benzene rings is 2. The van der Waals surface area contributed by atoms with Crippen LogP contribution in [0.25, 0.3) is 0 Å². The van der Waals surface area contributed by atoms with E-state index in [2.05, 4.69) is 10.6 Å². The van der Waals surface area contributed by atoms with Crippen molar-refractivity contribution in [1.82, 2.24) is 9.88 Å². The quantitative estimate of drug-likeness (QED) is 0.549. The number of amides is 1. The zero-order chi connectivity index (χ0) is 23.5. The molecule has 2 heterocycles. The van der Waals surface area contributed by atoms with Crippen molar-refractivity contribution >= 4 is 28.9 Å². The molecule has 1 aliphatic rings. The number of halogens is 3. The van der Waals surface area contributed by atoms with Gasteiger partial charge in [-0.15, -0.1) is 0 Å². The molecule has 7 nitrogen and oxygen atoms in total. The SMILES string of the molecule is CNCC(=O)N1CNc2cc(Cn3ccc(OCc4ccc(F)cc4F)c(Cl)c3=O)ccc21. The molecule has 2 aromatic carbocycles. The predicted molar refractivity (Wildman–Crippen MR) is 122 cm³/mol. The highest BCUT2D eigenvalue weighted by atomic mass is 35.5. The van der Waals surface area contributed by atoms with Crippen molar-refractivity contribution < 1.29 is 18.3 Å². The largest absolute Gasteiger partial charge is 0.487 e. The number of likely N-dealkylation sites (N-methyl/N-ethyl adjacent to an activating group) is 1. The number of pyridine rings is 1. The number of anilines is 2. The van der Waals surface area contributed by atoms with Crippen LogP contribution in [-0.4, -0.2) is 30.7 Å². The van der Waals surface area contributed by atoms with Crippen molar-refractivity contribution in [1.29, 1.82) is 0 Å². The standard InChI is InChI=1S/C23H21ClF2N4O3/c1-27-10-21(31)30-13-28-18-8-14(2-5-19(18)30)11-29-7-6-20(22(24)23(29)32)33-12-15-3-4-16(25)9-17(15)26/h2-9,27-28H,10-13H2,1H3. The molecule has 0 saturated carbocycles. The molecule has 3 aromatic rings. The Balaban J connectivity index is 1.48. The predicted octanol–water partition coefficient (Wildman–Crippen LogP) is 3.34. The third-order valence-electron chi connectivity index (χ3n) is 5.23. The molecule has 172 valence electrons. The van der Waals surface area contributed by atoms with Crippen molar-refractivity contribution in [2.24, 2.45) is 0 Å². The number of rotatable bonds is 7. The van der Waals surface area contributed by atoms with Gasteiger partial charge in [-0.1, -0.05) is 17.7 Å². The van der Waals surface area contributed by atoms with Crippen LogP contribution in [0.3, 0.4) is 0 Å². The molecule has 0 bridgehead atoms. The normalized spacial score (nSPS) is 12.4. The Morgan fingerprint density at radius 1 is 1.21 bits per heavy atom. The maximum absolute atomic E-state index is 13.8. The fraction of sp³-hybridized carbons (Fsp3) is 0.217. The van der Waals surface area contributed by atoms with Gasteiger partial charge in [-0.25, -0.2) is 8.78 Å². The molecule has 0 spiro atoms. The number of hydrogen-bond donors (Lipinski definition) is 2. The molecular formula is C23H21ClF2N4O3. The smallest absolute Gasteiger partial charge is 0.273 e. The zero-order valence-electron chi connectivity index (χ0n) is 17.7. The topological polar surface area (TPSA) is 75.6 Å². The van der Waals surface area contributed by atoms with Gasteiger partial charge in [-0.3, -0.25) is 14.5 Å². The van der Waals surface area contributed by atoms with Crippen LogP contribution in [0, 0.1) is 11.6 Å². The van der Waals surface area contributed by atoms with Crippen molar-refractivity contribution in [2.45, 2.75) is 13.2 Å². The minimum atomic E-state index is -0.740. The van der Waals surface area contributed by atoms with E-state index in [0.717, 1.165) is 29.1 Å². The van der Waals surface area contributed by atoms with Crippen LogP contribution in [0.2, 0.25) is 5.02 Å². The number of nitrogens with zero attached hydrogens (tertiary/aromatic N) is 2. The number of carbonyl (C=O) groups is 1. The van der Waals surface area contributed by atoms with Gasteiger partial charge in [0.1, 0.15) is 29.0 Å². The first-order valence-corrected chi connectivity index (χ1v) is 10.5. The Morgan fingerprint density at radius 3 is 2.79 bits per heavy atom. The number of hydrogen-bond acceptors (Lipinski definition) is 5. The summed E-state index contributed by atoms with van der Waals surface area (Å²) < 4.78 is 33.7. The molecule has 0 unspecified atom stereocenters. The number of nitrogens with one attached hydrogen (secondary N) is 2. The van der Waals surface area contributed by atoms with Crippen LogP contribution < -0.4 is 25.8 Å². The second kappa shape index (κ2) is 9.60. The van der Waals surface area contributed by atoms with Gasteiger partial charge < -0.3 is 19.9 Å². The lowest BCUT2D eigenvalue weighted by atomic mass is 10.1. The van der Waals surface area contributed by atoms with Crippen LogP contribution in [0.15, 0.2) is 53.5 Å². The molecule has 1 aromatic heterocycles. The summed E-state index contributed by atoms with van der Waals surface area (Å²) in [4.78, 5) is 26.6. The van der Waals surface area contributed by atoms with Crippen LogP contribution in [-0.2, 0) is 17.9 Å². The van der Waals surface area contributed by atoms with E-state index in [-0.39, 0.29) is 41.9 Å². The van der Waals surface area contributed by atoms with Crippen LogP contribution in [0.5, 0.6) is 5.75 Å². The summed E-state index contributed by atoms with van der Waals surface area (Å²) in [5.74, 6) is -1.36. The van der Waals surface area contributed by atoms with Crippen molar-refractivity contribution in [3.8, 4) is 5.75 Å².